The zero-order chi connectivity index (χ0) is 23.1. The third-order valence-electron chi connectivity index (χ3n) is 5.80. The average Bonchev–Trinajstić information content (AvgIpc) is 3.11. The number of nitrogens with zero attached hydrogens (tertiary/aromatic N) is 1. The van der Waals surface area contributed by atoms with Crippen molar-refractivity contribution in [3.63, 3.8) is 0 Å². The van der Waals surface area contributed by atoms with Crippen molar-refractivity contribution in [1.82, 2.24) is 10.2 Å². The van der Waals surface area contributed by atoms with Crippen LogP contribution in [0.3, 0.4) is 0 Å². The molecule has 0 saturated carbocycles. The Balaban J connectivity index is 1.65. The van der Waals surface area contributed by atoms with Crippen molar-refractivity contribution in [2.24, 2.45) is 0 Å². The molecule has 3 rings (SSSR count). The van der Waals surface area contributed by atoms with Gasteiger partial charge in [-0.1, -0.05) is 61.9 Å². The lowest BCUT2D eigenvalue weighted by molar-refractivity contribution is -0.139. The normalized spacial score (nSPS) is 13.1. The van der Waals surface area contributed by atoms with Gasteiger partial charge in [-0.05, 0) is 35.6 Å². The van der Waals surface area contributed by atoms with E-state index >= 15 is 0 Å². The second kappa shape index (κ2) is 10.8. The zero-order valence-corrected chi connectivity index (χ0v) is 18.5. The molecule has 32 heavy (non-hydrogen) atoms. The predicted molar refractivity (Wildman–Crippen MR) is 121 cm³/mol. The molecule has 2 aromatic carbocycles. The molecule has 2 aromatic rings. The third-order valence-corrected chi connectivity index (χ3v) is 5.80. The van der Waals surface area contributed by atoms with Crippen LogP contribution in [0.15, 0.2) is 48.5 Å². The lowest BCUT2D eigenvalue weighted by Crippen LogP contribution is -2.49. The molecule has 0 bridgehead atoms. The second-order valence-corrected chi connectivity index (χ2v) is 7.87. The van der Waals surface area contributed by atoms with Crippen molar-refractivity contribution in [2.45, 2.75) is 45.1 Å². The second-order valence-electron chi connectivity index (χ2n) is 7.87. The Bertz CT molecular complexity index is 929. The highest BCUT2D eigenvalue weighted by molar-refractivity contribution is 5.86. The Morgan fingerprint density at radius 2 is 1.62 bits per heavy atom. The maximum absolute atomic E-state index is 12.9. The molecule has 0 heterocycles. The quantitative estimate of drug-likeness (QED) is 0.584. The van der Waals surface area contributed by atoms with Crippen LogP contribution in [0.5, 0.6) is 0 Å². The number of carbonyl (C=O) groups is 3. The Kier molecular flexibility index (Phi) is 7.87. The van der Waals surface area contributed by atoms with Gasteiger partial charge in [0.15, 0.2) is 0 Å². The number of carboxylic acids is 1. The first-order valence-corrected chi connectivity index (χ1v) is 11.1. The molecule has 0 unspecified atom stereocenters. The standard InChI is InChI=1S/C25H30N2O5/c1-3-9-22(24(30)27(4-2)15-14-23(28)29)26-25(31)32-16-21-19-12-7-5-10-17(19)18-11-6-8-13-20(18)21/h5-8,10-13,21-22H,3-4,9,14-16H2,1-2H3,(H,26,31)(H,28,29)/t22-/m0/s1. The molecule has 0 aromatic heterocycles. The number of rotatable bonds is 10. The van der Waals surface area contributed by atoms with Gasteiger partial charge in [-0.3, -0.25) is 9.59 Å². The molecule has 1 aliphatic carbocycles. The van der Waals surface area contributed by atoms with Crippen molar-refractivity contribution in [2.75, 3.05) is 19.7 Å². The van der Waals surface area contributed by atoms with E-state index in [0.717, 1.165) is 22.3 Å². The van der Waals surface area contributed by atoms with Gasteiger partial charge in [0.05, 0.1) is 6.42 Å². The van der Waals surface area contributed by atoms with E-state index in [1.54, 1.807) is 6.92 Å². The summed E-state index contributed by atoms with van der Waals surface area (Å²) < 4.78 is 5.56. The van der Waals surface area contributed by atoms with Crippen LogP contribution in [0.25, 0.3) is 11.1 Å². The fourth-order valence-corrected chi connectivity index (χ4v) is 4.20. The topological polar surface area (TPSA) is 95.9 Å². The summed E-state index contributed by atoms with van der Waals surface area (Å²) in [6.07, 6.45) is 0.361. The summed E-state index contributed by atoms with van der Waals surface area (Å²) in [5.41, 5.74) is 4.53. The van der Waals surface area contributed by atoms with E-state index in [0.29, 0.717) is 19.4 Å². The molecule has 0 radical (unpaired) electrons. The smallest absolute Gasteiger partial charge is 0.407 e. The fourth-order valence-electron chi connectivity index (χ4n) is 4.20. The van der Waals surface area contributed by atoms with E-state index in [2.05, 4.69) is 17.4 Å². The largest absolute Gasteiger partial charge is 0.481 e. The SMILES string of the molecule is CCC[C@H](NC(=O)OCC1c2ccccc2-c2ccccc21)C(=O)N(CC)CCC(=O)O. The lowest BCUT2D eigenvalue weighted by atomic mass is 9.98. The summed E-state index contributed by atoms with van der Waals surface area (Å²) in [6, 6.07) is 15.4. The van der Waals surface area contributed by atoms with E-state index in [9.17, 15) is 14.4 Å². The minimum absolute atomic E-state index is 0.0591. The number of hydrogen-bond donors (Lipinski definition) is 2. The van der Waals surface area contributed by atoms with Crippen LogP contribution in [0.1, 0.15) is 50.2 Å². The highest BCUT2D eigenvalue weighted by atomic mass is 16.5. The van der Waals surface area contributed by atoms with Crippen LogP contribution in [-0.2, 0) is 14.3 Å². The van der Waals surface area contributed by atoms with Crippen molar-refractivity contribution in [1.29, 1.82) is 0 Å². The maximum atomic E-state index is 12.9. The van der Waals surface area contributed by atoms with Crippen LogP contribution in [0.4, 0.5) is 4.79 Å². The summed E-state index contributed by atoms with van der Waals surface area (Å²) in [5.74, 6) is -1.31. The monoisotopic (exact) mass is 438 g/mol. The third kappa shape index (κ3) is 5.28. The number of ether oxygens (including phenoxy) is 1. The first kappa shape index (κ1) is 23.3. The van der Waals surface area contributed by atoms with Gasteiger partial charge in [0.1, 0.15) is 12.6 Å². The molecule has 2 amide bonds. The van der Waals surface area contributed by atoms with Gasteiger partial charge in [-0.15, -0.1) is 0 Å². The van der Waals surface area contributed by atoms with E-state index in [1.165, 1.54) is 4.90 Å². The molecule has 0 fully saturated rings. The van der Waals surface area contributed by atoms with Gasteiger partial charge in [0.25, 0.3) is 0 Å². The van der Waals surface area contributed by atoms with Crippen molar-refractivity contribution < 1.29 is 24.2 Å². The van der Waals surface area contributed by atoms with Crippen LogP contribution in [-0.4, -0.2) is 53.7 Å². The van der Waals surface area contributed by atoms with Crippen molar-refractivity contribution in [3.8, 4) is 11.1 Å². The molecule has 2 N–H and O–H groups in total. The number of alkyl carbamates (subject to hydrolysis) is 1. The van der Waals surface area contributed by atoms with Crippen molar-refractivity contribution in [3.05, 3.63) is 59.7 Å². The zero-order valence-electron chi connectivity index (χ0n) is 18.5. The van der Waals surface area contributed by atoms with E-state index in [4.69, 9.17) is 9.84 Å². The lowest BCUT2D eigenvalue weighted by Gasteiger charge is -2.26. The number of likely N-dealkylation sites (N-methyl/N-ethyl adjacent to an activating group) is 1. The molecule has 0 saturated heterocycles. The number of benzene rings is 2. The number of carbonyl (C=O) groups excluding carboxylic acids is 2. The summed E-state index contributed by atoms with van der Waals surface area (Å²) in [5, 5.41) is 11.6. The number of nitrogens with one attached hydrogen (secondary N) is 1. The van der Waals surface area contributed by atoms with E-state index in [-0.39, 0.29) is 31.4 Å². The van der Waals surface area contributed by atoms with Crippen LogP contribution in [0.2, 0.25) is 0 Å². The Morgan fingerprint density at radius 1 is 1.03 bits per heavy atom. The molecular weight excluding hydrogens is 408 g/mol. The Labute approximate surface area is 188 Å². The predicted octanol–water partition coefficient (Wildman–Crippen LogP) is 4.02. The van der Waals surface area contributed by atoms with E-state index < -0.39 is 18.1 Å². The van der Waals surface area contributed by atoms with Crippen molar-refractivity contribution >= 4 is 18.0 Å². The Morgan fingerprint density at radius 3 is 2.16 bits per heavy atom. The number of fused-ring (bicyclic) bond motifs is 3. The minimum atomic E-state index is -0.965. The molecule has 1 aliphatic rings. The molecule has 1 atom stereocenters. The molecular formula is C25H30N2O5. The fraction of sp³-hybridized carbons (Fsp3) is 0.400. The van der Waals surface area contributed by atoms with Gasteiger partial charge < -0.3 is 20.1 Å². The van der Waals surface area contributed by atoms with Gasteiger partial charge in [0, 0.05) is 19.0 Å². The highest BCUT2D eigenvalue weighted by Crippen LogP contribution is 2.44. The van der Waals surface area contributed by atoms with Crippen LogP contribution >= 0.6 is 0 Å². The summed E-state index contributed by atoms with van der Waals surface area (Å²) in [7, 11) is 0. The first-order chi connectivity index (χ1) is 15.5. The van der Waals surface area contributed by atoms with Gasteiger partial charge in [0.2, 0.25) is 5.91 Å². The summed E-state index contributed by atoms with van der Waals surface area (Å²) >= 11 is 0. The summed E-state index contributed by atoms with van der Waals surface area (Å²) in [6.45, 7) is 4.36. The highest BCUT2D eigenvalue weighted by Gasteiger charge is 2.30. The Hall–Kier alpha value is -3.35. The number of amides is 2. The van der Waals surface area contributed by atoms with Crippen LogP contribution in [0, 0.1) is 0 Å². The maximum Gasteiger partial charge on any atom is 0.407 e. The number of carboxylic acid groups (broad SMARTS) is 1. The van der Waals surface area contributed by atoms with Gasteiger partial charge in [-0.25, -0.2) is 4.79 Å². The molecule has 7 nitrogen and oxygen atoms in total. The first-order valence-electron chi connectivity index (χ1n) is 11.1. The molecule has 170 valence electrons. The molecule has 7 heteroatoms. The van der Waals surface area contributed by atoms with Gasteiger partial charge >= 0.3 is 12.1 Å². The van der Waals surface area contributed by atoms with Gasteiger partial charge in [-0.2, -0.15) is 0 Å². The molecule has 0 aliphatic heterocycles. The number of hydrogen-bond acceptors (Lipinski definition) is 4. The minimum Gasteiger partial charge on any atom is -0.481 e. The molecule has 0 spiro atoms. The number of aliphatic carboxylic acids is 1. The summed E-state index contributed by atoms with van der Waals surface area (Å²) in [4.78, 5) is 37.8. The van der Waals surface area contributed by atoms with Crippen LogP contribution < -0.4 is 5.32 Å². The van der Waals surface area contributed by atoms with E-state index in [1.807, 2.05) is 43.3 Å². The average molecular weight is 439 g/mol.